The molecule has 3 aromatic carbocycles. The summed E-state index contributed by atoms with van der Waals surface area (Å²) in [4.78, 5) is 27.4. The molecule has 0 unspecified atom stereocenters. The van der Waals surface area contributed by atoms with Crippen molar-refractivity contribution in [1.82, 2.24) is 10.2 Å². The van der Waals surface area contributed by atoms with Crippen molar-refractivity contribution in [2.24, 2.45) is 5.92 Å². The Bertz CT molecular complexity index is 1040. The lowest BCUT2D eigenvalue weighted by Gasteiger charge is -2.31. The first-order valence-electron chi connectivity index (χ1n) is 10.4. The highest BCUT2D eigenvalue weighted by Gasteiger charge is 2.25. The van der Waals surface area contributed by atoms with Crippen molar-refractivity contribution >= 4 is 34.1 Å². The minimum atomic E-state index is -0.0476. The highest BCUT2D eigenvalue weighted by atomic mass is 35.5. The van der Waals surface area contributed by atoms with Crippen LogP contribution in [0.3, 0.4) is 0 Å². The van der Waals surface area contributed by atoms with E-state index in [1.165, 1.54) is 0 Å². The fourth-order valence-electron chi connectivity index (χ4n) is 4.03. The Morgan fingerprint density at radius 2 is 1.57 bits per heavy atom. The van der Waals surface area contributed by atoms with Crippen LogP contribution in [0.15, 0.2) is 66.7 Å². The van der Waals surface area contributed by atoms with E-state index in [2.05, 4.69) is 10.2 Å². The third-order valence-electron chi connectivity index (χ3n) is 5.81. The van der Waals surface area contributed by atoms with Gasteiger partial charge in [0.25, 0.3) is 5.91 Å². The van der Waals surface area contributed by atoms with E-state index in [-0.39, 0.29) is 17.6 Å². The van der Waals surface area contributed by atoms with E-state index >= 15 is 0 Å². The second kappa shape index (κ2) is 9.41. The van der Waals surface area contributed by atoms with Crippen LogP contribution in [0.5, 0.6) is 0 Å². The number of piperidine rings is 1. The number of likely N-dealkylation sites (tertiary alicyclic amines) is 1. The molecule has 1 aliphatic heterocycles. The maximum absolute atomic E-state index is 12.7. The van der Waals surface area contributed by atoms with E-state index in [4.69, 9.17) is 11.6 Å². The van der Waals surface area contributed by atoms with Crippen LogP contribution >= 0.6 is 11.6 Å². The van der Waals surface area contributed by atoms with Crippen molar-refractivity contribution in [3.05, 3.63) is 82.9 Å². The molecule has 1 N–H and O–H groups in total. The molecule has 0 aliphatic carbocycles. The maximum Gasteiger partial charge on any atom is 0.251 e. The fourth-order valence-corrected chi connectivity index (χ4v) is 4.15. The first kappa shape index (κ1) is 20.6. The standard InChI is InChI=1S/C25H25ClN2O2/c26-23-9-7-19(8-10-23)24(29)20-11-14-28(15-12-20)16-13-27-25(30)22-6-5-18-3-1-2-4-21(18)17-22/h1-10,17,20H,11-16H2,(H,27,30). The van der Waals surface area contributed by atoms with Gasteiger partial charge in [0.15, 0.2) is 5.78 Å². The lowest BCUT2D eigenvalue weighted by atomic mass is 9.89. The molecule has 1 amide bonds. The van der Waals surface area contributed by atoms with Crippen molar-refractivity contribution in [2.45, 2.75) is 12.8 Å². The molecule has 0 spiro atoms. The molecule has 1 saturated heterocycles. The molecule has 30 heavy (non-hydrogen) atoms. The van der Waals surface area contributed by atoms with E-state index in [9.17, 15) is 9.59 Å². The minimum absolute atomic E-state index is 0.0476. The van der Waals surface area contributed by atoms with Gasteiger partial charge < -0.3 is 10.2 Å². The molecule has 5 heteroatoms. The Hall–Kier alpha value is -2.69. The summed E-state index contributed by atoms with van der Waals surface area (Å²) < 4.78 is 0. The Labute approximate surface area is 181 Å². The molecular weight excluding hydrogens is 396 g/mol. The number of hydrogen-bond donors (Lipinski definition) is 1. The topological polar surface area (TPSA) is 49.4 Å². The Morgan fingerprint density at radius 3 is 2.30 bits per heavy atom. The van der Waals surface area contributed by atoms with Gasteiger partial charge in [0.1, 0.15) is 0 Å². The van der Waals surface area contributed by atoms with Crippen molar-refractivity contribution < 1.29 is 9.59 Å². The van der Waals surface area contributed by atoms with Crippen molar-refractivity contribution in [1.29, 1.82) is 0 Å². The normalized spacial score (nSPS) is 15.2. The van der Waals surface area contributed by atoms with Gasteiger partial charge in [-0.15, -0.1) is 0 Å². The summed E-state index contributed by atoms with van der Waals surface area (Å²) in [5, 5.41) is 5.86. The summed E-state index contributed by atoms with van der Waals surface area (Å²) in [6, 6.07) is 20.9. The molecule has 3 aromatic rings. The van der Waals surface area contributed by atoms with E-state index in [0.29, 0.717) is 17.1 Å². The number of halogens is 1. The van der Waals surface area contributed by atoms with E-state index in [1.54, 1.807) is 24.3 Å². The highest BCUT2D eigenvalue weighted by Crippen LogP contribution is 2.22. The zero-order valence-electron chi connectivity index (χ0n) is 16.8. The van der Waals surface area contributed by atoms with Crippen LogP contribution in [-0.2, 0) is 0 Å². The zero-order chi connectivity index (χ0) is 20.9. The summed E-state index contributed by atoms with van der Waals surface area (Å²) in [7, 11) is 0. The average molecular weight is 421 g/mol. The summed E-state index contributed by atoms with van der Waals surface area (Å²) in [5.74, 6) is 0.221. The van der Waals surface area contributed by atoms with Crippen LogP contribution < -0.4 is 5.32 Å². The van der Waals surface area contributed by atoms with Gasteiger partial charge in [0.05, 0.1) is 0 Å². The van der Waals surface area contributed by atoms with Crippen LogP contribution in [-0.4, -0.2) is 42.8 Å². The number of rotatable bonds is 6. The number of fused-ring (bicyclic) bond motifs is 1. The van der Waals surface area contributed by atoms with Gasteiger partial charge in [0.2, 0.25) is 0 Å². The third-order valence-corrected chi connectivity index (χ3v) is 6.06. The quantitative estimate of drug-likeness (QED) is 0.582. The first-order chi connectivity index (χ1) is 14.6. The average Bonchev–Trinajstić information content (AvgIpc) is 2.79. The maximum atomic E-state index is 12.7. The van der Waals surface area contributed by atoms with Crippen LogP contribution in [0.1, 0.15) is 33.6 Å². The van der Waals surface area contributed by atoms with Gasteiger partial charge in [0, 0.05) is 35.2 Å². The molecule has 0 bridgehead atoms. The number of carbonyl (C=O) groups excluding carboxylic acids is 2. The van der Waals surface area contributed by atoms with E-state index in [1.807, 2.05) is 42.5 Å². The van der Waals surface area contributed by atoms with Gasteiger partial charge in [-0.05, 0) is 73.1 Å². The Morgan fingerprint density at radius 1 is 0.900 bits per heavy atom. The van der Waals surface area contributed by atoms with Crippen molar-refractivity contribution in [3.63, 3.8) is 0 Å². The number of hydrogen-bond acceptors (Lipinski definition) is 3. The molecule has 4 nitrogen and oxygen atoms in total. The lowest BCUT2D eigenvalue weighted by Crippen LogP contribution is -2.41. The number of carbonyl (C=O) groups is 2. The summed E-state index contributed by atoms with van der Waals surface area (Å²) >= 11 is 5.91. The minimum Gasteiger partial charge on any atom is -0.351 e. The SMILES string of the molecule is O=C(NCCN1CCC(C(=O)c2ccc(Cl)cc2)CC1)c1ccc2ccccc2c1. The van der Waals surface area contributed by atoms with Crippen LogP contribution in [0, 0.1) is 5.92 Å². The molecular formula is C25H25ClN2O2. The lowest BCUT2D eigenvalue weighted by molar-refractivity contribution is 0.0839. The van der Waals surface area contributed by atoms with Gasteiger partial charge >= 0.3 is 0 Å². The third kappa shape index (κ3) is 4.89. The van der Waals surface area contributed by atoms with Crippen molar-refractivity contribution in [2.75, 3.05) is 26.2 Å². The molecule has 0 atom stereocenters. The highest BCUT2D eigenvalue weighted by molar-refractivity contribution is 6.30. The second-order valence-corrected chi connectivity index (χ2v) is 8.24. The Kier molecular flexibility index (Phi) is 6.46. The van der Waals surface area contributed by atoms with E-state index < -0.39 is 0 Å². The number of ketones is 1. The number of Topliss-reactive ketones (excluding diaryl/α,β-unsaturated/α-hetero) is 1. The largest absolute Gasteiger partial charge is 0.351 e. The molecule has 1 fully saturated rings. The smallest absolute Gasteiger partial charge is 0.251 e. The monoisotopic (exact) mass is 420 g/mol. The van der Waals surface area contributed by atoms with Gasteiger partial charge in [-0.3, -0.25) is 9.59 Å². The summed E-state index contributed by atoms with van der Waals surface area (Å²) in [6.07, 6.45) is 1.69. The number of nitrogens with one attached hydrogen (secondary N) is 1. The summed E-state index contributed by atoms with van der Waals surface area (Å²) in [6.45, 7) is 3.13. The van der Waals surface area contributed by atoms with Crippen LogP contribution in [0.25, 0.3) is 10.8 Å². The van der Waals surface area contributed by atoms with E-state index in [0.717, 1.165) is 48.8 Å². The molecule has 0 aromatic heterocycles. The molecule has 0 radical (unpaired) electrons. The van der Waals surface area contributed by atoms with Gasteiger partial charge in [-0.1, -0.05) is 41.9 Å². The fraction of sp³-hybridized carbons (Fsp3) is 0.280. The van der Waals surface area contributed by atoms with Gasteiger partial charge in [-0.2, -0.15) is 0 Å². The number of nitrogens with zero attached hydrogens (tertiary/aromatic N) is 1. The number of benzene rings is 3. The molecule has 1 heterocycles. The van der Waals surface area contributed by atoms with Crippen LogP contribution in [0.4, 0.5) is 0 Å². The first-order valence-corrected chi connectivity index (χ1v) is 10.8. The zero-order valence-corrected chi connectivity index (χ0v) is 17.6. The van der Waals surface area contributed by atoms with Crippen molar-refractivity contribution in [3.8, 4) is 0 Å². The predicted molar refractivity (Wildman–Crippen MR) is 121 cm³/mol. The molecule has 154 valence electrons. The van der Waals surface area contributed by atoms with Gasteiger partial charge in [-0.25, -0.2) is 0 Å². The Balaban J connectivity index is 1.23. The molecule has 1 aliphatic rings. The second-order valence-electron chi connectivity index (χ2n) is 7.80. The number of amides is 1. The summed E-state index contributed by atoms with van der Waals surface area (Å²) in [5.41, 5.74) is 1.42. The molecule has 0 saturated carbocycles. The predicted octanol–water partition coefficient (Wildman–Crippen LogP) is 4.82. The van der Waals surface area contributed by atoms with Crippen LogP contribution in [0.2, 0.25) is 5.02 Å². The molecule has 4 rings (SSSR count).